The SMILES string of the molecule is CC(C)(O)Cc1ccc(F)nc1F. The molecule has 0 saturated heterocycles. The second-order valence-corrected chi connectivity index (χ2v) is 3.57. The Bertz CT molecular complexity index is 307. The lowest BCUT2D eigenvalue weighted by atomic mass is 10.00. The lowest BCUT2D eigenvalue weighted by Gasteiger charge is -2.16. The Morgan fingerprint density at radius 3 is 2.46 bits per heavy atom. The molecule has 0 bridgehead atoms. The number of aromatic nitrogens is 1. The summed E-state index contributed by atoms with van der Waals surface area (Å²) in [6.45, 7) is 3.10. The van der Waals surface area contributed by atoms with Crippen LogP contribution < -0.4 is 0 Å². The quantitative estimate of drug-likeness (QED) is 0.714. The van der Waals surface area contributed by atoms with E-state index in [-0.39, 0.29) is 12.0 Å². The molecule has 0 spiro atoms. The van der Waals surface area contributed by atoms with Crippen molar-refractivity contribution in [2.24, 2.45) is 0 Å². The molecule has 1 N–H and O–H groups in total. The molecule has 1 rings (SSSR count). The summed E-state index contributed by atoms with van der Waals surface area (Å²) in [6, 6.07) is 2.36. The largest absolute Gasteiger partial charge is 0.390 e. The van der Waals surface area contributed by atoms with Gasteiger partial charge in [0.1, 0.15) is 0 Å². The zero-order valence-electron chi connectivity index (χ0n) is 7.51. The van der Waals surface area contributed by atoms with Gasteiger partial charge >= 0.3 is 0 Å². The number of nitrogens with zero attached hydrogens (tertiary/aromatic N) is 1. The first kappa shape index (κ1) is 10.1. The molecule has 0 atom stereocenters. The van der Waals surface area contributed by atoms with Gasteiger partial charge in [0.25, 0.3) is 0 Å². The lowest BCUT2D eigenvalue weighted by molar-refractivity contribution is 0.0797. The normalized spacial score (nSPS) is 11.8. The first-order valence-electron chi connectivity index (χ1n) is 3.92. The third-order valence-electron chi connectivity index (χ3n) is 1.52. The van der Waals surface area contributed by atoms with Crippen LogP contribution in [0.25, 0.3) is 0 Å². The topological polar surface area (TPSA) is 33.1 Å². The van der Waals surface area contributed by atoms with Gasteiger partial charge in [-0.2, -0.15) is 13.8 Å². The minimum atomic E-state index is -1.01. The summed E-state index contributed by atoms with van der Waals surface area (Å²) in [6.07, 6.45) is 0.117. The van der Waals surface area contributed by atoms with Crippen LogP contribution in [0.3, 0.4) is 0 Å². The third-order valence-corrected chi connectivity index (χ3v) is 1.52. The third kappa shape index (κ3) is 3.06. The maximum Gasteiger partial charge on any atom is 0.218 e. The zero-order chi connectivity index (χ0) is 10.1. The van der Waals surface area contributed by atoms with Crippen molar-refractivity contribution < 1.29 is 13.9 Å². The van der Waals surface area contributed by atoms with Gasteiger partial charge in [-0.25, -0.2) is 0 Å². The molecular formula is C9H11F2NO. The smallest absolute Gasteiger partial charge is 0.218 e. The summed E-state index contributed by atoms with van der Waals surface area (Å²) >= 11 is 0. The number of hydrogen-bond acceptors (Lipinski definition) is 2. The van der Waals surface area contributed by atoms with Crippen molar-refractivity contribution in [1.82, 2.24) is 4.98 Å². The van der Waals surface area contributed by atoms with E-state index >= 15 is 0 Å². The molecule has 2 nitrogen and oxygen atoms in total. The summed E-state index contributed by atoms with van der Waals surface area (Å²) in [4.78, 5) is 3.01. The molecule has 13 heavy (non-hydrogen) atoms. The van der Waals surface area contributed by atoms with E-state index in [1.807, 2.05) is 0 Å². The fourth-order valence-corrected chi connectivity index (χ4v) is 1.04. The Hall–Kier alpha value is -1.03. The van der Waals surface area contributed by atoms with Crippen molar-refractivity contribution in [2.75, 3.05) is 0 Å². The molecule has 1 aromatic rings. The van der Waals surface area contributed by atoms with E-state index in [0.717, 1.165) is 6.07 Å². The molecule has 0 aliphatic rings. The van der Waals surface area contributed by atoms with Crippen LogP contribution in [0.4, 0.5) is 8.78 Å². The lowest BCUT2D eigenvalue weighted by Crippen LogP contribution is -2.22. The second kappa shape index (κ2) is 3.38. The van der Waals surface area contributed by atoms with Gasteiger partial charge in [-0.1, -0.05) is 0 Å². The Balaban J connectivity index is 2.90. The van der Waals surface area contributed by atoms with Gasteiger partial charge in [0.05, 0.1) is 5.60 Å². The molecule has 0 fully saturated rings. The number of rotatable bonds is 2. The fraction of sp³-hybridized carbons (Fsp3) is 0.444. The predicted molar refractivity (Wildman–Crippen MR) is 44.2 cm³/mol. The van der Waals surface area contributed by atoms with Gasteiger partial charge in [0, 0.05) is 12.0 Å². The molecule has 0 unspecified atom stereocenters. The first-order valence-corrected chi connectivity index (χ1v) is 3.92. The van der Waals surface area contributed by atoms with E-state index in [0.29, 0.717) is 0 Å². The first-order chi connectivity index (χ1) is 5.88. The molecule has 0 aliphatic heterocycles. The Labute approximate surface area is 75.2 Å². The van der Waals surface area contributed by atoms with Crippen LogP contribution >= 0.6 is 0 Å². The van der Waals surface area contributed by atoms with Gasteiger partial charge in [0.2, 0.25) is 11.9 Å². The van der Waals surface area contributed by atoms with Crippen molar-refractivity contribution in [3.05, 3.63) is 29.6 Å². The molecule has 0 aliphatic carbocycles. The minimum absolute atomic E-state index is 0.117. The summed E-state index contributed by atoms with van der Waals surface area (Å²) in [5.41, 5.74) is -0.797. The Morgan fingerprint density at radius 1 is 1.38 bits per heavy atom. The highest BCUT2D eigenvalue weighted by atomic mass is 19.1. The molecule has 72 valence electrons. The van der Waals surface area contributed by atoms with Crippen molar-refractivity contribution in [3.8, 4) is 0 Å². The van der Waals surface area contributed by atoms with Gasteiger partial charge in [-0.3, -0.25) is 0 Å². The van der Waals surface area contributed by atoms with Crippen molar-refractivity contribution in [3.63, 3.8) is 0 Å². The van der Waals surface area contributed by atoms with E-state index in [1.165, 1.54) is 6.07 Å². The standard InChI is InChI=1S/C9H11F2NO/c1-9(2,13)5-6-3-4-7(10)12-8(6)11/h3-4,13H,5H2,1-2H3. The Kier molecular flexibility index (Phi) is 2.61. The van der Waals surface area contributed by atoms with Crippen molar-refractivity contribution >= 4 is 0 Å². The van der Waals surface area contributed by atoms with Gasteiger partial charge in [-0.05, 0) is 26.0 Å². The minimum Gasteiger partial charge on any atom is -0.390 e. The number of pyridine rings is 1. The van der Waals surface area contributed by atoms with E-state index in [2.05, 4.69) is 4.98 Å². The van der Waals surface area contributed by atoms with E-state index in [1.54, 1.807) is 13.8 Å². The van der Waals surface area contributed by atoms with Crippen molar-refractivity contribution in [1.29, 1.82) is 0 Å². The van der Waals surface area contributed by atoms with Crippen LogP contribution in [0.1, 0.15) is 19.4 Å². The van der Waals surface area contributed by atoms with E-state index < -0.39 is 17.5 Å². The molecule has 0 aromatic carbocycles. The van der Waals surface area contributed by atoms with Gasteiger partial charge < -0.3 is 5.11 Å². The van der Waals surface area contributed by atoms with Crippen LogP contribution in [-0.4, -0.2) is 15.7 Å². The number of aliphatic hydroxyl groups is 1. The molecule has 0 saturated carbocycles. The Morgan fingerprint density at radius 2 is 2.00 bits per heavy atom. The highest BCUT2D eigenvalue weighted by Crippen LogP contribution is 2.14. The maximum absolute atomic E-state index is 12.9. The highest BCUT2D eigenvalue weighted by Gasteiger charge is 2.16. The monoisotopic (exact) mass is 187 g/mol. The second-order valence-electron chi connectivity index (χ2n) is 3.57. The molecule has 0 radical (unpaired) electrons. The molecule has 1 aromatic heterocycles. The fourth-order valence-electron chi connectivity index (χ4n) is 1.04. The summed E-state index contributed by atoms with van der Waals surface area (Å²) in [5.74, 6) is -1.71. The molecule has 4 heteroatoms. The van der Waals surface area contributed by atoms with Crippen LogP contribution in [-0.2, 0) is 6.42 Å². The van der Waals surface area contributed by atoms with E-state index in [4.69, 9.17) is 0 Å². The number of hydrogen-bond donors (Lipinski definition) is 1. The highest BCUT2D eigenvalue weighted by molar-refractivity contribution is 5.13. The van der Waals surface area contributed by atoms with Crippen molar-refractivity contribution in [2.45, 2.75) is 25.9 Å². The average molecular weight is 187 g/mol. The van der Waals surface area contributed by atoms with Crippen LogP contribution in [0.2, 0.25) is 0 Å². The van der Waals surface area contributed by atoms with Crippen LogP contribution in [0.15, 0.2) is 12.1 Å². The zero-order valence-corrected chi connectivity index (χ0v) is 7.51. The molecular weight excluding hydrogens is 176 g/mol. The van der Waals surface area contributed by atoms with Crippen LogP contribution in [0, 0.1) is 11.9 Å². The summed E-state index contributed by atoms with van der Waals surface area (Å²) < 4.78 is 25.3. The molecule has 0 amide bonds. The maximum atomic E-state index is 12.9. The summed E-state index contributed by atoms with van der Waals surface area (Å²) in [5, 5.41) is 9.38. The molecule has 1 heterocycles. The van der Waals surface area contributed by atoms with E-state index in [9.17, 15) is 13.9 Å². The summed E-state index contributed by atoms with van der Waals surface area (Å²) in [7, 11) is 0. The average Bonchev–Trinajstić information content (AvgIpc) is 1.93. The van der Waals surface area contributed by atoms with Gasteiger partial charge in [0.15, 0.2) is 0 Å². The predicted octanol–water partition coefficient (Wildman–Crippen LogP) is 1.67. The number of halogens is 2. The van der Waals surface area contributed by atoms with Gasteiger partial charge in [-0.15, -0.1) is 0 Å². The van der Waals surface area contributed by atoms with Crippen LogP contribution in [0.5, 0.6) is 0 Å².